The van der Waals surface area contributed by atoms with Crippen LogP contribution in [0.25, 0.3) is 64.6 Å². The molecular weight excluding hydrogens is 1390 g/mol. The monoisotopic (exact) mass is 1490 g/mol. The molecule has 13 rings (SSSR count). The minimum atomic E-state index is -1.40. The summed E-state index contributed by atoms with van der Waals surface area (Å²) < 4.78 is 0. The highest BCUT2D eigenvalue weighted by Crippen LogP contribution is 2.38. The fourth-order valence-corrected chi connectivity index (χ4v) is 16.4. The number of carbonyl (C=O) groups excluding carboxylic acids is 10. The summed E-state index contributed by atoms with van der Waals surface area (Å²) in [6.45, 7) is 0.682. The molecule has 0 bridgehead atoms. The Hall–Kier alpha value is -11.2. The van der Waals surface area contributed by atoms with Gasteiger partial charge in [0.1, 0.15) is 60.4 Å². The van der Waals surface area contributed by atoms with Crippen molar-refractivity contribution in [2.45, 2.75) is 163 Å². The molecular formula is C86H98N14O10. The number of nitrogens with one attached hydrogen (secondary N) is 8. The number of rotatable bonds is 20. The lowest BCUT2D eigenvalue weighted by Crippen LogP contribution is -2.61. The van der Waals surface area contributed by atoms with Gasteiger partial charge < -0.3 is 75.3 Å². The molecule has 3 saturated heterocycles. The standard InChI is InChI=1S/C86H98N14O10/c87-37-9-23-63-79(103)97-69(47-51-15-3-1-4-16-51)85(109)99-41-13-27-71(99)83(107)93-65(25-11-39-89)77(101)96-68(50-54-45-61-35-31-57-21-8-22-58-32-36-62(46-54)76(61)74(57)58)82(106)92-64(24-10-38-88)80(104)98-70(48-52-17-5-2-6-18-52)86(110)100-42-14-28-72(100)84(108)94-66(26-12-40-90)78(102)95-67(81(105)91-63)49-53-43-59-33-29-55-19-7-20-56-30-34-60(44-53)75(59)73(55)56/h1-8,15-22,29-36,43-46,63-72H,9-14,23-28,37-42,47-50,87-90H2,(H,91,105)(H,92,106)(H,93,107)(H,94,108)(H,95,102)(H,96,101)(H,97,103)(H,98,104)/t63-,64-,65-,66-,67-,68-,69-,70-,71+,72+/m0/s1. The molecule has 572 valence electrons. The summed E-state index contributed by atoms with van der Waals surface area (Å²) in [6.07, 6.45) is 1.87. The van der Waals surface area contributed by atoms with Gasteiger partial charge in [-0.3, -0.25) is 47.9 Å². The molecule has 24 nitrogen and oxygen atoms in total. The van der Waals surface area contributed by atoms with Gasteiger partial charge in [0.15, 0.2) is 0 Å². The first kappa shape index (κ1) is 77.0. The average molecular weight is 1490 g/mol. The number of nitrogens with zero attached hydrogens (tertiary/aromatic N) is 2. The van der Waals surface area contributed by atoms with Gasteiger partial charge in [-0.25, -0.2) is 0 Å². The van der Waals surface area contributed by atoms with Gasteiger partial charge in [-0.15, -0.1) is 0 Å². The Balaban J connectivity index is 0.874. The van der Waals surface area contributed by atoms with Gasteiger partial charge in [0, 0.05) is 38.8 Å². The van der Waals surface area contributed by atoms with E-state index in [0.29, 0.717) is 35.1 Å². The molecule has 3 fully saturated rings. The van der Waals surface area contributed by atoms with E-state index in [0.717, 1.165) is 64.6 Å². The van der Waals surface area contributed by atoms with Gasteiger partial charge in [-0.2, -0.15) is 0 Å². The number of fused-ring (bicyclic) bond motifs is 2. The zero-order valence-corrected chi connectivity index (χ0v) is 61.8. The molecule has 3 aliphatic rings. The van der Waals surface area contributed by atoms with Crippen LogP contribution < -0.4 is 65.5 Å². The Bertz CT molecular complexity index is 4570. The highest BCUT2D eigenvalue weighted by atomic mass is 16.2. The van der Waals surface area contributed by atoms with Crippen molar-refractivity contribution in [3.05, 3.63) is 192 Å². The molecule has 10 atom stereocenters. The van der Waals surface area contributed by atoms with Crippen LogP contribution in [-0.2, 0) is 73.6 Å². The molecule has 110 heavy (non-hydrogen) atoms. The summed E-state index contributed by atoms with van der Waals surface area (Å²) in [6, 6.07) is 41.2. The molecule has 0 saturated carbocycles. The number of carbonyl (C=O) groups is 10. The first-order valence-electron chi connectivity index (χ1n) is 38.7. The zero-order chi connectivity index (χ0) is 77.0. The minimum absolute atomic E-state index is 0.000193. The van der Waals surface area contributed by atoms with Crippen molar-refractivity contribution < 1.29 is 47.9 Å². The Morgan fingerprint density at radius 2 is 0.527 bits per heavy atom. The van der Waals surface area contributed by atoms with Crippen molar-refractivity contribution in [2.75, 3.05) is 39.3 Å². The number of nitrogens with two attached hydrogens (primary N) is 4. The van der Waals surface area contributed by atoms with Crippen LogP contribution in [0.4, 0.5) is 0 Å². The Labute approximate surface area is 638 Å². The van der Waals surface area contributed by atoms with E-state index >= 15 is 47.9 Å². The van der Waals surface area contributed by atoms with Crippen molar-refractivity contribution in [3.63, 3.8) is 0 Å². The summed E-state index contributed by atoms with van der Waals surface area (Å²) in [4.78, 5) is 156. The molecule has 0 radical (unpaired) electrons. The average Bonchev–Trinajstić information content (AvgIpc) is 0.845. The smallest absolute Gasteiger partial charge is 0.246 e. The molecule has 0 unspecified atom stereocenters. The van der Waals surface area contributed by atoms with Crippen molar-refractivity contribution >= 4 is 124 Å². The first-order chi connectivity index (χ1) is 53.5. The summed E-state index contributed by atoms with van der Waals surface area (Å²) in [7, 11) is 0. The maximum absolute atomic E-state index is 15.5. The van der Waals surface area contributed by atoms with Crippen LogP contribution in [0.15, 0.2) is 170 Å². The van der Waals surface area contributed by atoms with Crippen molar-refractivity contribution in [1.82, 2.24) is 52.3 Å². The van der Waals surface area contributed by atoms with E-state index in [1.54, 1.807) is 48.5 Å². The molecule has 0 spiro atoms. The Kier molecular flexibility index (Phi) is 24.8. The van der Waals surface area contributed by atoms with Crippen LogP contribution in [-0.4, -0.2) is 169 Å². The number of hydrogen-bond acceptors (Lipinski definition) is 14. The van der Waals surface area contributed by atoms with Gasteiger partial charge in [-0.05, 0) is 190 Å². The largest absolute Gasteiger partial charge is 0.343 e. The van der Waals surface area contributed by atoms with Crippen LogP contribution >= 0.6 is 0 Å². The van der Waals surface area contributed by atoms with Gasteiger partial charge in [0.25, 0.3) is 0 Å². The normalized spacial score (nSPS) is 22.9. The summed E-state index contributed by atoms with van der Waals surface area (Å²) in [5.41, 5.74) is 27.2. The number of hydrogen-bond donors (Lipinski definition) is 12. The highest BCUT2D eigenvalue weighted by Gasteiger charge is 2.43. The number of amides is 10. The van der Waals surface area contributed by atoms with Crippen molar-refractivity contribution in [1.29, 1.82) is 0 Å². The highest BCUT2D eigenvalue weighted by molar-refractivity contribution is 6.24. The quantitative estimate of drug-likeness (QED) is 0.0415. The van der Waals surface area contributed by atoms with E-state index in [-0.39, 0.29) is 129 Å². The molecule has 24 heteroatoms. The van der Waals surface area contributed by atoms with Gasteiger partial charge in [0.05, 0.1) is 0 Å². The van der Waals surface area contributed by atoms with E-state index in [9.17, 15) is 0 Å². The van der Waals surface area contributed by atoms with Crippen LogP contribution in [0.3, 0.4) is 0 Å². The van der Waals surface area contributed by atoms with E-state index < -0.39 is 119 Å². The molecule has 0 aromatic heterocycles. The van der Waals surface area contributed by atoms with E-state index in [1.165, 1.54) is 9.80 Å². The lowest BCUT2D eigenvalue weighted by Gasteiger charge is -2.32. The maximum atomic E-state index is 15.5. The summed E-state index contributed by atoms with van der Waals surface area (Å²) in [5.74, 6) is -7.04. The van der Waals surface area contributed by atoms with E-state index in [2.05, 4.69) is 66.8 Å². The zero-order valence-electron chi connectivity index (χ0n) is 61.8. The van der Waals surface area contributed by atoms with Gasteiger partial charge >= 0.3 is 0 Å². The lowest BCUT2D eigenvalue weighted by molar-refractivity contribution is -0.143. The van der Waals surface area contributed by atoms with Gasteiger partial charge in [0.2, 0.25) is 59.1 Å². The van der Waals surface area contributed by atoms with Crippen molar-refractivity contribution in [2.24, 2.45) is 22.9 Å². The molecule has 10 aromatic carbocycles. The third kappa shape index (κ3) is 17.6. The Morgan fingerprint density at radius 3 is 0.836 bits per heavy atom. The van der Waals surface area contributed by atoms with Crippen LogP contribution in [0.1, 0.15) is 99.3 Å². The van der Waals surface area contributed by atoms with Gasteiger partial charge in [-0.1, -0.05) is 170 Å². The topological polar surface area (TPSA) is 377 Å². The van der Waals surface area contributed by atoms with Crippen molar-refractivity contribution in [3.8, 4) is 0 Å². The van der Waals surface area contributed by atoms with E-state index in [4.69, 9.17) is 22.9 Å². The predicted octanol–water partition coefficient (Wildman–Crippen LogP) is 5.58. The minimum Gasteiger partial charge on any atom is -0.343 e. The fraction of sp³-hybridized carbons (Fsp3) is 0.372. The molecule has 10 aromatic rings. The molecule has 10 amide bonds. The van der Waals surface area contributed by atoms with Crippen LogP contribution in [0, 0.1) is 0 Å². The molecule has 3 aliphatic heterocycles. The molecule has 16 N–H and O–H groups in total. The molecule has 0 aliphatic carbocycles. The SMILES string of the molecule is NCCC[C@@H]1NC(=O)[C@H](Cc2cc3ccc4cccc5ccc(c2)c3c45)NC(=O)[C@H](CCCN)NC(=O)[C@H]2CCCN2C(=O)[C@H](Cc2ccccc2)NC(=O)[C@H](CCCN)NC(=O)[C@H](Cc2cc3ccc4cccc5ccc(c2)c3c45)NC(=O)[C@H](CCCN)NC(=O)[C@H]2CCCN2C(=O)[C@H](Cc2ccccc2)NC1=O. The van der Waals surface area contributed by atoms with Crippen LogP contribution in [0.5, 0.6) is 0 Å². The fourth-order valence-electron chi connectivity index (χ4n) is 16.4. The second-order valence-electron chi connectivity index (χ2n) is 29.6. The third-order valence-corrected chi connectivity index (χ3v) is 22.0. The molecule has 3 heterocycles. The lowest BCUT2D eigenvalue weighted by atomic mass is 9.91. The number of benzene rings is 10. The summed E-state index contributed by atoms with van der Waals surface area (Å²) >= 11 is 0. The summed E-state index contributed by atoms with van der Waals surface area (Å²) in [5, 5.41) is 35.6. The first-order valence-corrected chi connectivity index (χ1v) is 38.7. The predicted molar refractivity (Wildman–Crippen MR) is 426 cm³/mol. The Morgan fingerprint density at radius 1 is 0.273 bits per heavy atom. The van der Waals surface area contributed by atoms with E-state index in [1.807, 2.05) is 97.1 Å². The second-order valence-corrected chi connectivity index (χ2v) is 29.6. The van der Waals surface area contributed by atoms with Crippen LogP contribution in [0.2, 0.25) is 0 Å². The third-order valence-electron chi connectivity index (χ3n) is 22.0. The maximum Gasteiger partial charge on any atom is 0.246 e. The second kappa shape index (κ2) is 35.5.